The number of anilines is 3. The van der Waals surface area contributed by atoms with Gasteiger partial charge in [-0.3, -0.25) is 4.79 Å². The number of carbonyl (C=O) groups is 1. The third kappa shape index (κ3) is 3.20. The number of amides is 1. The van der Waals surface area contributed by atoms with E-state index in [0.29, 0.717) is 11.1 Å². The third-order valence-electron chi connectivity index (χ3n) is 3.42. The second-order valence-corrected chi connectivity index (χ2v) is 7.15. The van der Waals surface area contributed by atoms with Crippen LogP contribution in [-0.2, 0) is 0 Å². The van der Waals surface area contributed by atoms with Crippen molar-refractivity contribution in [3.8, 4) is 6.07 Å². The zero-order valence-electron chi connectivity index (χ0n) is 12.1. The summed E-state index contributed by atoms with van der Waals surface area (Å²) < 4.78 is 27.0. The zero-order valence-corrected chi connectivity index (χ0v) is 14.5. The lowest BCUT2D eigenvalue weighted by molar-refractivity contribution is 0.103. The van der Waals surface area contributed by atoms with Crippen molar-refractivity contribution in [1.29, 1.82) is 5.26 Å². The van der Waals surface area contributed by atoms with Gasteiger partial charge < -0.3 is 16.4 Å². The number of nitrogens with two attached hydrogens (primary N) is 1. The molecule has 9 heteroatoms. The van der Waals surface area contributed by atoms with E-state index < -0.39 is 17.5 Å². The molecule has 5 nitrogen and oxygen atoms in total. The number of nitrogen functional groups attached to an aromatic ring is 1. The molecule has 1 heterocycles. The second kappa shape index (κ2) is 6.37. The molecular formula is C15H11BrF2N4OS. The number of thiophene rings is 1. The number of hydrogen-bond acceptors (Lipinski definition) is 5. The van der Waals surface area contributed by atoms with Crippen LogP contribution in [0.3, 0.4) is 0 Å². The molecule has 0 bridgehead atoms. The quantitative estimate of drug-likeness (QED) is 0.705. The Bertz CT molecular complexity index is 850. The van der Waals surface area contributed by atoms with E-state index in [1.54, 1.807) is 0 Å². The van der Waals surface area contributed by atoms with Crippen LogP contribution in [0.1, 0.15) is 28.1 Å². The maximum Gasteiger partial charge on any atom is 0.268 e. The summed E-state index contributed by atoms with van der Waals surface area (Å²) in [4.78, 5) is 12.5. The molecule has 1 aromatic carbocycles. The summed E-state index contributed by atoms with van der Waals surface area (Å²) in [6.45, 7) is 0. The Morgan fingerprint density at radius 3 is 2.71 bits per heavy atom. The molecule has 0 unspecified atom stereocenters. The van der Waals surface area contributed by atoms with E-state index in [2.05, 4.69) is 26.6 Å². The lowest BCUT2D eigenvalue weighted by Crippen LogP contribution is -2.14. The largest absolute Gasteiger partial charge is 0.396 e. The monoisotopic (exact) mass is 412 g/mol. The van der Waals surface area contributed by atoms with Crippen LogP contribution < -0.4 is 16.4 Å². The number of nitriles is 1. The third-order valence-corrected chi connectivity index (χ3v) is 5.18. The standard InChI is InChI=1S/C15H11BrF2N4OS/c16-9-3-6(17)4-10(18)12(9)22-14(23)13-11(20)8(5-19)15(24-13)21-7-1-2-7/h3-4,7,21H,1-2,20H2,(H,22,23). The molecular weight excluding hydrogens is 402 g/mol. The Labute approximate surface area is 148 Å². The smallest absolute Gasteiger partial charge is 0.268 e. The van der Waals surface area contributed by atoms with Crippen molar-refractivity contribution in [1.82, 2.24) is 0 Å². The van der Waals surface area contributed by atoms with Crippen molar-refractivity contribution in [2.45, 2.75) is 18.9 Å². The molecule has 0 radical (unpaired) electrons. The van der Waals surface area contributed by atoms with E-state index in [0.717, 1.165) is 30.2 Å². The van der Waals surface area contributed by atoms with Crippen LogP contribution in [0.4, 0.5) is 25.2 Å². The van der Waals surface area contributed by atoms with Gasteiger partial charge in [-0.15, -0.1) is 11.3 Å². The molecule has 0 atom stereocenters. The molecule has 3 rings (SSSR count). The number of halogens is 3. The average Bonchev–Trinajstić information content (AvgIpc) is 3.26. The number of nitrogens with zero attached hydrogens (tertiary/aromatic N) is 1. The van der Waals surface area contributed by atoms with Gasteiger partial charge in [-0.25, -0.2) is 8.78 Å². The molecule has 0 saturated heterocycles. The van der Waals surface area contributed by atoms with Gasteiger partial charge in [0.1, 0.15) is 27.3 Å². The molecule has 24 heavy (non-hydrogen) atoms. The van der Waals surface area contributed by atoms with Crippen molar-refractivity contribution in [2.24, 2.45) is 0 Å². The Kier molecular flexibility index (Phi) is 4.43. The summed E-state index contributed by atoms with van der Waals surface area (Å²) in [6.07, 6.45) is 2.00. The van der Waals surface area contributed by atoms with Crippen molar-refractivity contribution < 1.29 is 13.6 Å². The van der Waals surface area contributed by atoms with E-state index in [1.807, 2.05) is 6.07 Å². The van der Waals surface area contributed by atoms with E-state index in [9.17, 15) is 18.8 Å². The molecule has 0 aliphatic heterocycles. The highest BCUT2D eigenvalue weighted by molar-refractivity contribution is 9.10. The zero-order chi connectivity index (χ0) is 17.4. The number of rotatable bonds is 4. The number of nitrogens with one attached hydrogen (secondary N) is 2. The van der Waals surface area contributed by atoms with Crippen LogP contribution >= 0.6 is 27.3 Å². The normalized spacial score (nSPS) is 13.4. The molecule has 1 fully saturated rings. The predicted molar refractivity (Wildman–Crippen MR) is 92.1 cm³/mol. The maximum atomic E-state index is 13.8. The average molecular weight is 413 g/mol. The Hall–Kier alpha value is -2.18. The minimum atomic E-state index is -0.915. The first-order valence-electron chi connectivity index (χ1n) is 6.95. The molecule has 0 spiro atoms. The van der Waals surface area contributed by atoms with Gasteiger partial charge >= 0.3 is 0 Å². The van der Waals surface area contributed by atoms with Gasteiger partial charge in [0.25, 0.3) is 5.91 Å². The molecule has 1 aliphatic rings. The first-order chi connectivity index (χ1) is 11.4. The van der Waals surface area contributed by atoms with Crippen LogP contribution in [0, 0.1) is 23.0 Å². The first kappa shape index (κ1) is 16.7. The van der Waals surface area contributed by atoms with Crippen LogP contribution in [0.2, 0.25) is 0 Å². The summed E-state index contributed by atoms with van der Waals surface area (Å²) in [5, 5.41) is 15.3. The Morgan fingerprint density at radius 1 is 1.42 bits per heavy atom. The van der Waals surface area contributed by atoms with Crippen molar-refractivity contribution in [3.63, 3.8) is 0 Å². The van der Waals surface area contributed by atoms with Crippen molar-refractivity contribution in [3.05, 3.63) is 38.7 Å². The summed E-state index contributed by atoms with van der Waals surface area (Å²) in [7, 11) is 0. The van der Waals surface area contributed by atoms with Gasteiger partial charge in [0.2, 0.25) is 0 Å². The second-order valence-electron chi connectivity index (χ2n) is 5.28. The fourth-order valence-corrected chi connectivity index (χ4v) is 3.62. The van der Waals surface area contributed by atoms with Gasteiger partial charge in [-0.05, 0) is 34.8 Å². The highest BCUT2D eigenvalue weighted by Gasteiger charge is 2.27. The molecule has 1 aliphatic carbocycles. The molecule has 2 aromatic rings. The van der Waals surface area contributed by atoms with Gasteiger partial charge in [0.15, 0.2) is 5.82 Å². The van der Waals surface area contributed by atoms with Gasteiger partial charge in [0, 0.05) is 16.6 Å². The van der Waals surface area contributed by atoms with Crippen LogP contribution in [0.5, 0.6) is 0 Å². The van der Waals surface area contributed by atoms with Gasteiger partial charge in [-0.2, -0.15) is 5.26 Å². The van der Waals surface area contributed by atoms with Gasteiger partial charge in [-0.1, -0.05) is 0 Å². The topological polar surface area (TPSA) is 90.9 Å². The fourth-order valence-electron chi connectivity index (χ4n) is 2.07. The molecule has 1 saturated carbocycles. The lowest BCUT2D eigenvalue weighted by Gasteiger charge is -2.08. The maximum absolute atomic E-state index is 13.8. The van der Waals surface area contributed by atoms with Gasteiger partial charge in [0.05, 0.1) is 11.4 Å². The molecule has 1 amide bonds. The molecule has 4 N–H and O–H groups in total. The minimum absolute atomic E-state index is 0.0433. The van der Waals surface area contributed by atoms with Crippen LogP contribution in [0.15, 0.2) is 16.6 Å². The van der Waals surface area contributed by atoms with E-state index in [1.165, 1.54) is 0 Å². The Balaban J connectivity index is 1.90. The lowest BCUT2D eigenvalue weighted by atomic mass is 10.2. The Morgan fingerprint density at radius 2 is 2.12 bits per heavy atom. The summed E-state index contributed by atoms with van der Waals surface area (Å²) in [5.41, 5.74) is 5.94. The first-order valence-corrected chi connectivity index (χ1v) is 8.56. The van der Waals surface area contributed by atoms with E-state index in [-0.39, 0.29) is 32.3 Å². The van der Waals surface area contributed by atoms with E-state index in [4.69, 9.17) is 5.73 Å². The minimum Gasteiger partial charge on any atom is -0.396 e. The number of hydrogen-bond donors (Lipinski definition) is 3. The molecule has 1 aromatic heterocycles. The van der Waals surface area contributed by atoms with Crippen molar-refractivity contribution >= 4 is 49.5 Å². The SMILES string of the molecule is N#Cc1c(NC2CC2)sc(C(=O)Nc2c(F)cc(F)cc2Br)c1N. The van der Waals surface area contributed by atoms with Crippen LogP contribution in [-0.4, -0.2) is 11.9 Å². The highest BCUT2D eigenvalue weighted by Crippen LogP contribution is 2.39. The van der Waals surface area contributed by atoms with Crippen LogP contribution in [0.25, 0.3) is 0 Å². The van der Waals surface area contributed by atoms with Crippen molar-refractivity contribution in [2.75, 3.05) is 16.4 Å². The number of benzene rings is 1. The summed E-state index contributed by atoms with van der Waals surface area (Å²) in [6, 6.07) is 3.97. The summed E-state index contributed by atoms with van der Waals surface area (Å²) in [5.74, 6) is -2.35. The van der Waals surface area contributed by atoms with E-state index >= 15 is 0 Å². The fraction of sp³-hybridized carbons (Fsp3) is 0.200. The molecule has 124 valence electrons. The highest BCUT2D eigenvalue weighted by atomic mass is 79.9. The number of carbonyl (C=O) groups excluding carboxylic acids is 1. The summed E-state index contributed by atoms with van der Waals surface area (Å²) >= 11 is 4.04. The predicted octanol–water partition coefficient (Wildman–Crippen LogP) is 4.07.